The summed E-state index contributed by atoms with van der Waals surface area (Å²) in [7, 11) is 0. The lowest BCUT2D eigenvalue weighted by Crippen LogP contribution is -2.03. The summed E-state index contributed by atoms with van der Waals surface area (Å²) in [5.74, 6) is 1.02. The highest BCUT2D eigenvalue weighted by atomic mass is 79.9. The molecule has 84 valence electrons. The van der Waals surface area contributed by atoms with E-state index in [1.165, 1.54) is 5.56 Å². The molecule has 0 saturated heterocycles. The molecule has 0 aliphatic heterocycles. The number of imidazole rings is 1. The molecule has 0 unspecified atom stereocenters. The van der Waals surface area contributed by atoms with Crippen molar-refractivity contribution in [2.75, 3.05) is 0 Å². The predicted octanol–water partition coefficient (Wildman–Crippen LogP) is 2.46. The van der Waals surface area contributed by atoms with E-state index in [0.29, 0.717) is 6.54 Å². The summed E-state index contributed by atoms with van der Waals surface area (Å²) in [4.78, 5) is 4.20. The standard InChI is InChI=1S/C12H14BrN3/c1-9-15-4-5-16(9)8-11-3-2-10(7-14)6-12(11)13/h2-6H,7-8,14H2,1H3. The minimum Gasteiger partial charge on any atom is -0.331 e. The Kier molecular flexibility index (Phi) is 3.41. The second-order valence-corrected chi connectivity index (χ2v) is 4.59. The van der Waals surface area contributed by atoms with Crippen LogP contribution in [-0.4, -0.2) is 9.55 Å². The van der Waals surface area contributed by atoms with E-state index in [2.05, 4.69) is 43.7 Å². The van der Waals surface area contributed by atoms with Crippen LogP contribution in [0.5, 0.6) is 0 Å². The number of halogens is 1. The average Bonchev–Trinajstić information content (AvgIpc) is 2.67. The van der Waals surface area contributed by atoms with Crippen molar-refractivity contribution in [2.45, 2.75) is 20.0 Å². The van der Waals surface area contributed by atoms with E-state index >= 15 is 0 Å². The maximum Gasteiger partial charge on any atom is 0.105 e. The minimum atomic E-state index is 0.572. The van der Waals surface area contributed by atoms with Gasteiger partial charge in [0.15, 0.2) is 0 Å². The van der Waals surface area contributed by atoms with Crippen LogP contribution in [0.3, 0.4) is 0 Å². The van der Waals surface area contributed by atoms with Crippen molar-refractivity contribution >= 4 is 15.9 Å². The van der Waals surface area contributed by atoms with E-state index in [9.17, 15) is 0 Å². The van der Waals surface area contributed by atoms with E-state index in [-0.39, 0.29) is 0 Å². The summed E-state index contributed by atoms with van der Waals surface area (Å²) in [5, 5.41) is 0. The lowest BCUT2D eigenvalue weighted by atomic mass is 10.1. The van der Waals surface area contributed by atoms with Gasteiger partial charge in [-0.05, 0) is 24.1 Å². The smallest absolute Gasteiger partial charge is 0.105 e. The summed E-state index contributed by atoms with van der Waals surface area (Å²) in [5.41, 5.74) is 7.96. The molecule has 0 amide bonds. The van der Waals surface area contributed by atoms with Gasteiger partial charge < -0.3 is 10.3 Å². The Morgan fingerprint density at radius 3 is 2.81 bits per heavy atom. The van der Waals surface area contributed by atoms with Crippen molar-refractivity contribution in [3.63, 3.8) is 0 Å². The third-order valence-corrected chi connectivity index (χ3v) is 3.36. The van der Waals surface area contributed by atoms with E-state index in [1.807, 2.05) is 19.3 Å². The molecule has 0 saturated carbocycles. The van der Waals surface area contributed by atoms with E-state index in [1.54, 1.807) is 0 Å². The molecule has 1 aromatic heterocycles. The maximum absolute atomic E-state index is 5.59. The third kappa shape index (κ3) is 2.33. The second-order valence-electron chi connectivity index (χ2n) is 3.73. The first-order chi connectivity index (χ1) is 7.70. The Bertz CT molecular complexity index is 491. The molecule has 3 nitrogen and oxygen atoms in total. The zero-order valence-corrected chi connectivity index (χ0v) is 10.7. The van der Waals surface area contributed by atoms with Gasteiger partial charge in [0, 0.05) is 30.0 Å². The van der Waals surface area contributed by atoms with Gasteiger partial charge in [-0.25, -0.2) is 4.98 Å². The predicted molar refractivity (Wildman–Crippen MR) is 68.1 cm³/mol. The largest absolute Gasteiger partial charge is 0.331 e. The number of hydrogen-bond acceptors (Lipinski definition) is 2. The summed E-state index contributed by atoms with van der Waals surface area (Å²) in [6, 6.07) is 6.24. The highest BCUT2D eigenvalue weighted by Gasteiger charge is 2.03. The number of nitrogens with two attached hydrogens (primary N) is 1. The molecular formula is C12H14BrN3. The van der Waals surface area contributed by atoms with Gasteiger partial charge >= 0.3 is 0 Å². The van der Waals surface area contributed by atoms with E-state index < -0.39 is 0 Å². The van der Waals surface area contributed by atoms with Crippen molar-refractivity contribution < 1.29 is 0 Å². The second kappa shape index (κ2) is 4.80. The highest BCUT2D eigenvalue weighted by Crippen LogP contribution is 2.20. The van der Waals surface area contributed by atoms with Crippen molar-refractivity contribution in [2.24, 2.45) is 5.73 Å². The van der Waals surface area contributed by atoms with Crippen LogP contribution in [0.1, 0.15) is 17.0 Å². The topological polar surface area (TPSA) is 43.8 Å². The first-order valence-corrected chi connectivity index (χ1v) is 5.95. The Morgan fingerprint density at radius 2 is 2.25 bits per heavy atom. The fourth-order valence-electron chi connectivity index (χ4n) is 1.60. The Hall–Kier alpha value is -1.13. The number of hydrogen-bond donors (Lipinski definition) is 1. The van der Waals surface area contributed by atoms with Crippen LogP contribution in [0.15, 0.2) is 35.1 Å². The molecule has 2 rings (SSSR count). The van der Waals surface area contributed by atoms with Gasteiger partial charge in [-0.2, -0.15) is 0 Å². The van der Waals surface area contributed by atoms with Crippen molar-refractivity contribution in [1.29, 1.82) is 0 Å². The number of rotatable bonds is 3. The monoisotopic (exact) mass is 279 g/mol. The Morgan fingerprint density at radius 1 is 1.44 bits per heavy atom. The van der Waals surface area contributed by atoms with Gasteiger partial charge in [0.2, 0.25) is 0 Å². The van der Waals surface area contributed by atoms with Gasteiger partial charge in [0.1, 0.15) is 5.82 Å². The van der Waals surface area contributed by atoms with Crippen LogP contribution in [0.2, 0.25) is 0 Å². The van der Waals surface area contributed by atoms with Gasteiger partial charge in [-0.15, -0.1) is 0 Å². The van der Waals surface area contributed by atoms with E-state index in [4.69, 9.17) is 5.73 Å². The summed E-state index contributed by atoms with van der Waals surface area (Å²) in [6.45, 7) is 3.41. The number of aromatic nitrogens is 2. The van der Waals surface area contributed by atoms with Gasteiger partial charge in [-0.1, -0.05) is 28.1 Å². The average molecular weight is 280 g/mol. The SMILES string of the molecule is Cc1nccn1Cc1ccc(CN)cc1Br. The van der Waals surface area contributed by atoms with Crippen LogP contribution in [0.4, 0.5) is 0 Å². The Balaban J connectivity index is 2.25. The molecule has 0 bridgehead atoms. The number of aryl methyl sites for hydroxylation is 1. The van der Waals surface area contributed by atoms with Gasteiger partial charge in [-0.3, -0.25) is 0 Å². The van der Waals surface area contributed by atoms with Crippen molar-refractivity contribution in [3.8, 4) is 0 Å². The van der Waals surface area contributed by atoms with Gasteiger partial charge in [0.25, 0.3) is 0 Å². The lowest BCUT2D eigenvalue weighted by molar-refractivity contribution is 0.758. The number of nitrogens with zero attached hydrogens (tertiary/aromatic N) is 2. The highest BCUT2D eigenvalue weighted by molar-refractivity contribution is 9.10. The lowest BCUT2D eigenvalue weighted by Gasteiger charge is -2.08. The molecule has 2 aromatic rings. The first kappa shape index (κ1) is 11.4. The molecule has 0 aliphatic rings. The quantitative estimate of drug-likeness (QED) is 0.938. The van der Waals surface area contributed by atoms with Crippen LogP contribution in [-0.2, 0) is 13.1 Å². The molecule has 1 aromatic carbocycles. The first-order valence-electron chi connectivity index (χ1n) is 5.16. The molecule has 0 radical (unpaired) electrons. The summed E-state index contributed by atoms with van der Waals surface area (Å²) < 4.78 is 3.21. The molecule has 2 N–H and O–H groups in total. The van der Waals surface area contributed by atoms with Crippen LogP contribution in [0, 0.1) is 6.92 Å². The van der Waals surface area contributed by atoms with Gasteiger partial charge in [0.05, 0.1) is 0 Å². The van der Waals surface area contributed by atoms with Crippen LogP contribution in [0.25, 0.3) is 0 Å². The summed E-state index contributed by atoms with van der Waals surface area (Å²) >= 11 is 3.57. The zero-order chi connectivity index (χ0) is 11.5. The molecule has 4 heteroatoms. The molecule has 0 spiro atoms. The molecule has 16 heavy (non-hydrogen) atoms. The molecule has 0 aliphatic carbocycles. The minimum absolute atomic E-state index is 0.572. The normalized spacial score (nSPS) is 10.7. The molecular weight excluding hydrogens is 266 g/mol. The van der Waals surface area contributed by atoms with Crippen molar-refractivity contribution in [3.05, 3.63) is 52.0 Å². The number of benzene rings is 1. The Labute approximate surface area is 103 Å². The maximum atomic E-state index is 5.59. The zero-order valence-electron chi connectivity index (χ0n) is 9.15. The molecule has 0 fully saturated rings. The third-order valence-electron chi connectivity index (χ3n) is 2.62. The van der Waals surface area contributed by atoms with E-state index in [0.717, 1.165) is 22.4 Å². The fourth-order valence-corrected chi connectivity index (χ4v) is 2.15. The summed E-state index contributed by atoms with van der Waals surface area (Å²) in [6.07, 6.45) is 3.80. The van der Waals surface area contributed by atoms with Crippen LogP contribution >= 0.6 is 15.9 Å². The molecule has 1 heterocycles. The van der Waals surface area contributed by atoms with Crippen molar-refractivity contribution in [1.82, 2.24) is 9.55 Å². The fraction of sp³-hybridized carbons (Fsp3) is 0.250. The molecule has 0 atom stereocenters. The van der Waals surface area contributed by atoms with Crippen LogP contribution < -0.4 is 5.73 Å².